The Hall–Kier alpha value is -6.85. The molecule has 0 aliphatic rings. The molecule has 5 heteroatoms. The molecule has 0 aliphatic carbocycles. The number of nitrogens with zero attached hydrogens (tertiary/aromatic N) is 5. The lowest BCUT2D eigenvalue weighted by Gasteiger charge is -2.13. The molecule has 0 radical (unpaired) electrons. The van der Waals surface area contributed by atoms with Crippen molar-refractivity contribution in [1.29, 1.82) is 0 Å². The van der Waals surface area contributed by atoms with Crippen LogP contribution in [-0.2, 0) is 0 Å². The van der Waals surface area contributed by atoms with Crippen LogP contribution in [0.4, 0.5) is 0 Å². The molecule has 50 heavy (non-hydrogen) atoms. The van der Waals surface area contributed by atoms with Crippen molar-refractivity contribution < 1.29 is 0 Å². The summed E-state index contributed by atoms with van der Waals surface area (Å²) in [7, 11) is 0. The number of fused-ring (bicyclic) bond motifs is 6. The van der Waals surface area contributed by atoms with Gasteiger partial charge in [-0.3, -0.25) is 15.0 Å². The van der Waals surface area contributed by atoms with Crippen LogP contribution in [0.5, 0.6) is 0 Å². The summed E-state index contributed by atoms with van der Waals surface area (Å²) in [6.45, 7) is 0. The first kappa shape index (κ1) is 28.2. The van der Waals surface area contributed by atoms with Crippen LogP contribution in [0.3, 0.4) is 0 Å². The quantitative estimate of drug-likeness (QED) is 0.188. The molecule has 0 spiro atoms. The molecule has 234 valence electrons. The van der Waals surface area contributed by atoms with E-state index in [0.717, 1.165) is 61.4 Å². The first-order chi connectivity index (χ1) is 24.8. The standard InChI is InChI=1S/C45H29N5/c1-2-11-34(12-3-1)49-41-16-5-4-13-36(41)37-28-30(18-20-42(37)49)31-19-21-43-38(29-31)45-44(17-10-24-48-45)50(43)35-26-32(39-14-6-8-22-46-39)25-33(27-35)40-15-7-9-23-47-40/h1-29H. The van der Waals surface area contributed by atoms with Gasteiger partial charge in [-0.05, 0) is 108 Å². The maximum absolute atomic E-state index is 4.93. The molecule has 10 rings (SSSR count). The fraction of sp³-hybridized carbons (Fsp3) is 0. The Bertz CT molecular complexity index is 2800. The summed E-state index contributed by atoms with van der Waals surface area (Å²) in [6, 6.07) is 55.7. The average molecular weight is 640 g/mol. The Morgan fingerprint density at radius 2 is 0.880 bits per heavy atom. The van der Waals surface area contributed by atoms with Crippen LogP contribution in [0.25, 0.3) is 88.8 Å². The van der Waals surface area contributed by atoms with E-state index in [-0.39, 0.29) is 0 Å². The van der Waals surface area contributed by atoms with Crippen molar-refractivity contribution in [3.05, 3.63) is 176 Å². The van der Waals surface area contributed by atoms with Crippen LogP contribution in [0.15, 0.2) is 176 Å². The summed E-state index contributed by atoms with van der Waals surface area (Å²) < 4.78 is 4.67. The van der Waals surface area contributed by atoms with Crippen LogP contribution in [0.2, 0.25) is 0 Å². The van der Waals surface area contributed by atoms with E-state index in [1.807, 2.05) is 48.9 Å². The summed E-state index contributed by atoms with van der Waals surface area (Å²) in [6.07, 6.45) is 5.56. The van der Waals surface area contributed by atoms with Gasteiger partial charge in [0.1, 0.15) is 0 Å². The second-order valence-electron chi connectivity index (χ2n) is 12.6. The third kappa shape index (κ3) is 4.52. The van der Waals surface area contributed by atoms with E-state index in [1.165, 1.54) is 27.4 Å². The second-order valence-corrected chi connectivity index (χ2v) is 12.6. The van der Waals surface area contributed by atoms with Gasteiger partial charge in [0.25, 0.3) is 0 Å². The van der Waals surface area contributed by atoms with Crippen LogP contribution < -0.4 is 0 Å². The Morgan fingerprint density at radius 3 is 1.58 bits per heavy atom. The number of pyridine rings is 3. The molecule has 0 atom stereocenters. The van der Waals surface area contributed by atoms with Crippen molar-refractivity contribution in [2.45, 2.75) is 0 Å². The van der Waals surface area contributed by atoms with Crippen molar-refractivity contribution in [1.82, 2.24) is 24.1 Å². The zero-order valence-corrected chi connectivity index (χ0v) is 27.0. The van der Waals surface area contributed by atoms with E-state index >= 15 is 0 Å². The highest BCUT2D eigenvalue weighted by Crippen LogP contribution is 2.39. The molecule has 0 aliphatic heterocycles. The smallest absolute Gasteiger partial charge is 0.0963 e. The number of aromatic nitrogens is 5. The summed E-state index contributed by atoms with van der Waals surface area (Å²) >= 11 is 0. The lowest BCUT2D eigenvalue weighted by molar-refractivity contribution is 1.17. The third-order valence-corrected chi connectivity index (χ3v) is 9.64. The van der Waals surface area contributed by atoms with E-state index in [2.05, 4.69) is 137 Å². The molecule has 5 aromatic heterocycles. The van der Waals surface area contributed by atoms with Crippen LogP contribution in [0.1, 0.15) is 0 Å². The van der Waals surface area contributed by atoms with Gasteiger partial charge < -0.3 is 9.13 Å². The Kier molecular flexibility index (Phi) is 6.42. The van der Waals surface area contributed by atoms with Crippen LogP contribution >= 0.6 is 0 Å². The minimum Gasteiger partial charge on any atom is -0.309 e. The Morgan fingerprint density at radius 1 is 0.320 bits per heavy atom. The van der Waals surface area contributed by atoms with Gasteiger partial charge in [-0.2, -0.15) is 0 Å². The molecule has 10 aromatic rings. The summed E-state index contributed by atoms with van der Waals surface area (Å²) in [5.41, 5.74) is 13.9. The zero-order valence-electron chi connectivity index (χ0n) is 27.0. The minimum atomic E-state index is 0.914. The Labute approximate surface area is 288 Å². The predicted octanol–water partition coefficient (Wildman–Crippen LogP) is 11.1. The Balaban J connectivity index is 1.17. The molecule has 0 N–H and O–H groups in total. The SMILES string of the molecule is c1ccc(-n2c3ccccc3c3cc(-c4ccc5c(c4)c4ncccc4n5-c4cc(-c5ccccn5)cc(-c5ccccn5)c4)ccc32)cc1. The summed E-state index contributed by atoms with van der Waals surface area (Å²) in [5, 5.41) is 3.58. The zero-order chi connectivity index (χ0) is 33.0. The van der Waals surface area contributed by atoms with Gasteiger partial charge in [-0.15, -0.1) is 0 Å². The molecule has 0 bridgehead atoms. The first-order valence-corrected chi connectivity index (χ1v) is 16.8. The topological polar surface area (TPSA) is 48.5 Å². The highest BCUT2D eigenvalue weighted by atomic mass is 15.0. The fourth-order valence-electron chi connectivity index (χ4n) is 7.40. The average Bonchev–Trinajstić information content (AvgIpc) is 3.71. The van der Waals surface area contributed by atoms with Gasteiger partial charge in [-0.25, -0.2) is 0 Å². The first-order valence-electron chi connectivity index (χ1n) is 16.8. The van der Waals surface area contributed by atoms with Crippen LogP contribution in [0, 0.1) is 0 Å². The molecule has 5 aromatic carbocycles. The maximum atomic E-state index is 4.93. The second kappa shape index (κ2) is 11.4. The van der Waals surface area contributed by atoms with E-state index in [9.17, 15) is 0 Å². The monoisotopic (exact) mass is 639 g/mol. The van der Waals surface area contributed by atoms with Gasteiger partial charge in [0.2, 0.25) is 0 Å². The number of rotatable bonds is 5. The lowest BCUT2D eigenvalue weighted by Crippen LogP contribution is -1.97. The van der Waals surface area contributed by atoms with Gasteiger partial charge in [0.05, 0.1) is 39.0 Å². The van der Waals surface area contributed by atoms with Gasteiger partial charge in [0, 0.05) is 57.3 Å². The summed E-state index contributed by atoms with van der Waals surface area (Å²) in [4.78, 5) is 14.3. The van der Waals surface area contributed by atoms with E-state index in [0.29, 0.717) is 0 Å². The number of benzene rings is 5. The highest BCUT2D eigenvalue weighted by molar-refractivity contribution is 6.12. The number of hydrogen-bond donors (Lipinski definition) is 0. The molecule has 0 saturated carbocycles. The van der Waals surface area contributed by atoms with Gasteiger partial charge >= 0.3 is 0 Å². The highest BCUT2D eigenvalue weighted by Gasteiger charge is 2.18. The minimum absolute atomic E-state index is 0.914. The van der Waals surface area contributed by atoms with Crippen LogP contribution in [-0.4, -0.2) is 24.1 Å². The van der Waals surface area contributed by atoms with Gasteiger partial charge in [0.15, 0.2) is 0 Å². The molecular weight excluding hydrogens is 611 g/mol. The molecule has 0 fully saturated rings. The van der Waals surface area contributed by atoms with Crippen molar-refractivity contribution in [3.8, 4) is 45.0 Å². The molecule has 0 unspecified atom stereocenters. The van der Waals surface area contributed by atoms with E-state index in [4.69, 9.17) is 15.0 Å². The van der Waals surface area contributed by atoms with E-state index in [1.54, 1.807) is 0 Å². The van der Waals surface area contributed by atoms with Crippen molar-refractivity contribution >= 4 is 43.7 Å². The molecule has 5 nitrogen and oxygen atoms in total. The molecule has 0 amide bonds. The number of hydrogen-bond acceptors (Lipinski definition) is 3. The maximum Gasteiger partial charge on any atom is 0.0963 e. The summed E-state index contributed by atoms with van der Waals surface area (Å²) in [5.74, 6) is 0. The normalized spacial score (nSPS) is 11.6. The predicted molar refractivity (Wildman–Crippen MR) is 205 cm³/mol. The van der Waals surface area contributed by atoms with Gasteiger partial charge in [-0.1, -0.05) is 60.7 Å². The van der Waals surface area contributed by atoms with E-state index < -0.39 is 0 Å². The third-order valence-electron chi connectivity index (χ3n) is 9.64. The largest absolute Gasteiger partial charge is 0.309 e. The van der Waals surface area contributed by atoms with Crippen molar-refractivity contribution in [3.63, 3.8) is 0 Å². The molecule has 5 heterocycles. The van der Waals surface area contributed by atoms with Crippen molar-refractivity contribution in [2.75, 3.05) is 0 Å². The molecule has 0 saturated heterocycles. The lowest BCUT2D eigenvalue weighted by atomic mass is 10.0. The molecular formula is C45H29N5. The fourth-order valence-corrected chi connectivity index (χ4v) is 7.40. The van der Waals surface area contributed by atoms with Crippen molar-refractivity contribution in [2.24, 2.45) is 0 Å². The number of para-hydroxylation sites is 2.